The summed E-state index contributed by atoms with van der Waals surface area (Å²) in [5.41, 5.74) is 5.67. The van der Waals surface area contributed by atoms with Gasteiger partial charge in [0.2, 0.25) is 0 Å². The van der Waals surface area contributed by atoms with Gasteiger partial charge in [-0.1, -0.05) is 29.8 Å². The highest BCUT2D eigenvalue weighted by Gasteiger charge is 2.11. The van der Waals surface area contributed by atoms with Crippen LogP contribution in [0.25, 0.3) is 0 Å². The van der Waals surface area contributed by atoms with E-state index in [0.717, 1.165) is 12.1 Å². The van der Waals surface area contributed by atoms with Gasteiger partial charge in [0.1, 0.15) is 0 Å². The highest BCUT2D eigenvalue weighted by molar-refractivity contribution is 7.07. The Hall–Kier alpha value is -1.19. The molecule has 1 unspecified atom stereocenters. The number of aryl methyl sites for hydroxylation is 1. The molecule has 16 heavy (non-hydrogen) atoms. The lowest BCUT2D eigenvalue weighted by molar-refractivity contribution is 0.579. The summed E-state index contributed by atoms with van der Waals surface area (Å²) < 4.78 is 0. The maximum absolute atomic E-state index is 4.36. The van der Waals surface area contributed by atoms with Crippen molar-refractivity contribution in [2.24, 2.45) is 0 Å². The first-order chi connectivity index (χ1) is 7.79. The summed E-state index contributed by atoms with van der Waals surface area (Å²) in [5.74, 6) is 0. The number of nitrogens with zero attached hydrogens (tertiary/aromatic N) is 1. The molecule has 1 aromatic heterocycles. The monoisotopic (exact) mass is 232 g/mol. The highest BCUT2D eigenvalue weighted by Crippen LogP contribution is 2.18. The Bertz CT molecular complexity index is 420. The number of aromatic nitrogens is 1. The van der Waals surface area contributed by atoms with Gasteiger partial charge in [-0.2, -0.15) is 0 Å². The summed E-state index contributed by atoms with van der Waals surface area (Å²) in [5, 5.41) is 5.42. The first-order valence-corrected chi connectivity index (χ1v) is 6.35. The van der Waals surface area contributed by atoms with E-state index >= 15 is 0 Å². The topological polar surface area (TPSA) is 24.9 Å². The van der Waals surface area contributed by atoms with E-state index in [1.165, 1.54) is 11.1 Å². The summed E-state index contributed by atoms with van der Waals surface area (Å²) in [6, 6.07) is 9.00. The fourth-order valence-electron chi connectivity index (χ4n) is 1.71. The molecule has 0 bridgehead atoms. The fraction of sp³-hybridized carbons (Fsp3) is 0.308. The minimum atomic E-state index is 0.314. The van der Waals surface area contributed by atoms with E-state index in [-0.39, 0.29) is 0 Å². The van der Waals surface area contributed by atoms with Gasteiger partial charge in [0.25, 0.3) is 0 Å². The molecule has 0 aliphatic rings. The first-order valence-electron chi connectivity index (χ1n) is 5.40. The van der Waals surface area contributed by atoms with Crippen molar-refractivity contribution in [2.45, 2.75) is 19.4 Å². The predicted molar refractivity (Wildman–Crippen MR) is 68.8 cm³/mol. The van der Waals surface area contributed by atoms with E-state index in [2.05, 4.69) is 46.9 Å². The van der Waals surface area contributed by atoms with E-state index in [0.29, 0.717) is 6.04 Å². The number of nitrogens with one attached hydrogen (secondary N) is 1. The van der Waals surface area contributed by atoms with Gasteiger partial charge >= 0.3 is 0 Å². The molecule has 1 atom stereocenters. The van der Waals surface area contributed by atoms with Gasteiger partial charge in [-0.3, -0.25) is 0 Å². The van der Waals surface area contributed by atoms with Crippen molar-refractivity contribution in [3.63, 3.8) is 0 Å². The molecule has 1 N–H and O–H groups in total. The van der Waals surface area contributed by atoms with Crippen molar-refractivity contribution in [1.82, 2.24) is 10.3 Å². The number of thiazole rings is 1. The van der Waals surface area contributed by atoms with Crippen molar-refractivity contribution in [3.05, 3.63) is 52.0 Å². The predicted octanol–water partition coefficient (Wildman–Crippen LogP) is 2.95. The lowest BCUT2D eigenvalue weighted by Gasteiger charge is -2.13. The third-order valence-electron chi connectivity index (χ3n) is 2.72. The molecule has 0 aliphatic heterocycles. The summed E-state index contributed by atoms with van der Waals surface area (Å²) in [6.07, 6.45) is 0.987. The Morgan fingerprint density at radius 3 is 2.62 bits per heavy atom. The minimum Gasteiger partial charge on any atom is -0.311 e. The molecular weight excluding hydrogens is 216 g/mol. The molecule has 1 heterocycles. The Labute approximate surface area is 100 Å². The van der Waals surface area contributed by atoms with E-state index in [1.54, 1.807) is 11.3 Å². The zero-order chi connectivity index (χ0) is 11.4. The number of hydrogen-bond acceptors (Lipinski definition) is 3. The standard InChI is InChI=1S/C13H16N2S/c1-10-3-5-11(6-4-10)7-12(14-2)13-8-16-9-15-13/h3-6,8-9,12,14H,7H2,1-2H3. The molecule has 0 saturated heterocycles. The Morgan fingerprint density at radius 1 is 1.31 bits per heavy atom. The summed E-state index contributed by atoms with van der Waals surface area (Å²) in [7, 11) is 1.98. The van der Waals surface area contributed by atoms with Crippen molar-refractivity contribution >= 4 is 11.3 Å². The smallest absolute Gasteiger partial charge is 0.0795 e. The Morgan fingerprint density at radius 2 is 2.06 bits per heavy atom. The zero-order valence-corrected chi connectivity index (χ0v) is 10.4. The van der Waals surface area contributed by atoms with Crippen molar-refractivity contribution in [3.8, 4) is 0 Å². The van der Waals surface area contributed by atoms with Crippen LogP contribution in [0.2, 0.25) is 0 Å². The average molecular weight is 232 g/mol. The van der Waals surface area contributed by atoms with Crippen LogP contribution in [0.3, 0.4) is 0 Å². The van der Waals surface area contributed by atoms with E-state index < -0.39 is 0 Å². The second-order valence-electron chi connectivity index (χ2n) is 3.94. The van der Waals surface area contributed by atoms with Crippen LogP contribution in [0.5, 0.6) is 0 Å². The fourth-order valence-corrected chi connectivity index (χ4v) is 2.32. The third-order valence-corrected chi connectivity index (χ3v) is 3.32. The van der Waals surface area contributed by atoms with Gasteiger partial charge in [0.05, 0.1) is 17.2 Å². The molecule has 2 nitrogen and oxygen atoms in total. The molecule has 0 aliphatic carbocycles. The van der Waals surface area contributed by atoms with Crippen LogP contribution in [0.1, 0.15) is 22.9 Å². The first kappa shape index (κ1) is 11.3. The van der Waals surface area contributed by atoms with Gasteiger partial charge in [-0.15, -0.1) is 11.3 Å². The lowest BCUT2D eigenvalue weighted by atomic mass is 10.0. The largest absolute Gasteiger partial charge is 0.311 e. The molecule has 3 heteroatoms. The molecule has 0 saturated carbocycles. The van der Waals surface area contributed by atoms with E-state index in [4.69, 9.17) is 0 Å². The van der Waals surface area contributed by atoms with Crippen LogP contribution < -0.4 is 5.32 Å². The van der Waals surface area contributed by atoms with Crippen molar-refractivity contribution in [2.75, 3.05) is 7.05 Å². The maximum atomic E-state index is 4.36. The van der Waals surface area contributed by atoms with Gasteiger partial charge < -0.3 is 5.32 Å². The second kappa shape index (κ2) is 5.23. The second-order valence-corrected chi connectivity index (χ2v) is 4.66. The molecule has 0 radical (unpaired) electrons. The zero-order valence-electron chi connectivity index (χ0n) is 9.60. The van der Waals surface area contributed by atoms with Crippen LogP contribution in [0, 0.1) is 6.92 Å². The van der Waals surface area contributed by atoms with Crippen LogP contribution in [0.15, 0.2) is 35.2 Å². The lowest BCUT2D eigenvalue weighted by Crippen LogP contribution is -2.19. The molecule has 1 aromatic carbocycles. The summed E-state index contributed by atoms with van der Waals surface area (Å²) >= 11 is 1.65. The molecule has 0 amide bonds. The van der Waals surface area contributed by atoms with Gasteiger partial charge in [-0.05, 0) is 26.0 Å². The minimum absolute atomic E-state index is 0.314. The molecular formula is C13H16N2S. The number of benzene rings is 1. The average Bonchev–Trinajstić information content (AvgIpc) is 2.82. The third kappa shape index (κ3) is 2.68. The van der Waals surface area contributed by atoms with Gasteiger partial charge in [-0.25, -0.2) is 4.98 Å². The quantitative estimate of drug-likeness (QED) is 0.876. The van der Waals surface area contributed by atoms with Crippen molar-refractivity contribution < 1.29 is 0 Å². The van der Waals surface area contributed by atoms with E-state index in [1.807, 2.05) is 12.6 Å². The van der Waals surface area contributed by atoms with Crippen LogP contribution >= 0.6 is 11.3 Å². The molecule has 2 rings (SSSR count). The SMILES string of the molecule is CNC(Cc1ccc(C)cc1)c1cscn1. The summed E-state index contributed by atoms with van der Waals surface area (Å²) in [6.45, 7) is 2.11. The Kier molecular flexibility index (Phi) is 3.70. The summed E-state index contributed by atoms with van der Waals surface area (Å²) in [4.78, 5) is 4.36. The highest BCUT2D eigenvalue weighted by atomic mass is 32.1. The molecule has 0 fully saturated rings. The van der Waals surface area contributed by atoms with Crippen LogP contribution in [-0.2, 0) is 6.42 Å². The van der Waals surface area contributed by atoms with Crippen molar-refractivity contribution in [1.29, 1.82) is 0 Å². The molecule has 0 spiro atoms. The molecule has 2 aromatic rings. The number of hydrogen-bond donors (Lipinski definition) is 1. The number of likely N-dealkylation sites (N-methyl/N-ethyl adjacent to an activating group) is 1. The van der Waals surface area contributed by atoms with Crippen LogP contribution in [0.4, 0.5) is 0 Å². The maximum Gasteiger partial charge on any atom is 0.0795 e. The number of rotatable bonds is 4. The molecule has 84 valence electrons. The Balaban J connectivity index is 2.10. The van der Waals surface area contributed by atoms with Gasteiger partial charge in [0.15, 0.2) is 0 Å². The van der Waals surface area contributed by atoms with E-state index in [9.17, 15) is 0 Å². The van der Waals surface area contributed by atoms with Gasteiger partial charge in [0, 0.05) is 5.38 Å². The van der Waals surface area contributed by atoms with Crippen LogP contribution in [-0.4, -0.2) is 12.0 Å². The normalized spacial score (nSPS) is 12.6.